The van der Waals surface area contributed by atoms with Crippen LogP contribution in [0.3, 0.4) is 0 Å². The van der Waals surface area contributed by atoms with Crippen LogP contribution in [0.2, 0.25) is 0 Å². The monoisotopic (exact) mass is 639 g/mol. The summed E-state index contributed by atoms with van der Waals surface area (Å²) in [6, 6.07) is 9.20. The minimum Gasteiger partial charge on any atom is -0.369 e. The fourth-order valence-electron chi connectivity index (χ4n) is 3.85. The molecule has 14 heteroatoms. The first-order valence-corrected chi connectivity index (χ1v) is 13.3. The number of halogens is 2. The fourth-order valence-corrected chi connectivity index (χ4v) is 5.43. The van der Waals surface area contributed by atoms with Gasteiger partial charge < -0.3 is 16.0 Å². The number of carbonyl (C=O) groups is 1. The van der Waals surface area contributed by atoms with E-state index in [2.05, 4.69) is 10.3 Å². The molecular weight excluding hydrogens is 620 g/mol. The van der Waals surface area contributed by atoms with Crippen molar-refractivity contribution in [3.05, 3.63) is 88.6 Å². The third kappa shape index (κ3) is 4.81. The molecule has 11 nitrogen and oxygen atoms in total. The second-order valence-electron chi connectivity index (χ2n) is 8.13. The Morgan fingerprint density at radius 1 is 1.14 bits per heavy atom. The molecule has 4 rings (SSSR count). The number of anilines is 2. The molecular formula is C23H19FIN5O6S. The average Bonchev–Trinajstić information content (AvgIpc) is 2.81. The summed E-state index contributed by atoms with van der Waals surface area (Å²) in [5, 5.41) is 2.64. The van der Waals surface area contributed by atoms with Crippen molar-refractivity contribution in [2.45, 2.75) is 11.8 Å². The zero-order valence-electron chi connectivity index (χ0n) is 19.3. The molecule has 0 bridgehead atoms. The largest absolute Gasteiger partial charge is 0.369 e. The number of nitrogens with zero attached hydrogens (tertiary/aromatic N) is 2. The molecule has 0 aliphatic heterocycles. The average molecular weight is 639 g/mol. The zero-order valence-corrected chi connectivity index (χ0v) is 22.3. The number of aryl methyl sites for hydroxylation is 1. The number of benzene rings is 2. The van der Waals surface area contributed by atoms with Crippen LogP contribution in [0.25, 0.3) is 16.6 Å². The molecule has 0 aliphatic carbocycles. The molecule has 0 saturated heterocycles. The minimum absolute atomic E-state index is 0.0164. The van der Waals surface area contributed by atoms with E-state index < -0.39 is 44.1 Å². The van der Waals surface area contributed by atoms with Gasteiger partial charge in [0.05, 0.1) is 21.8 Å². The van der Waals surface area contributed by atoms with Crippen LogP contribution < -0.4 is 27.9 Å². The van der Waals surface area contributed by atoms with E-state index in [0.29, 0.717) is 8.14 Å². The normalized spacial score (nSPS) is 11.6. The molecule has 0 aliphatic rings. The van der Waals surface area contributed by atoms with Gasteiger partial charge in [0, 0.05) is 16.2 Å². The van der Waals surface area contributed by atoms with Crippen LogP contribution in [-0.2, 0) is 21.7 Å². The highest BCUT2D eigenvalue weighted by Crippen LogP contribution is 2.26. The van der Waals surface area contributed by atoms with Crippen molar-refractivity contribution in [3.63, 3.8) is 0 Å². The molecule has 2 aromatic heterocycles. The zero-order chi connectivity index (χ0) is 27.2. The quantitative estimate of drug-likeness (QED) is 0.269. The smallest absolute Gasteiger partial charge is 0.333 e. The highest BCUT2D eigenvalue weighted by atomic mass is 127. The van der Waals surface area contributed by atoms with Crippen LogP contribution in [0, 0.1) is 16.3 Å². The minimum atomic E-state index is -4.14. The van der Waals surface area contributed by atoms with Crippen molar-refractivity contribution < 1.29 is 17.6 Å². The lowest BCUT2D eigenvalue weighted by molar-refractivity contribution is -0.115. The predicted octanol–water partition coefficient (Wildman–Crippen LogP) is 1.43. The number of amides is 1. The Hall–Kier alpha value is -3.79. The maximum Gasteiger partial charge on any atom is 0.333 e. The number of aromatic amines is 1. The molecule has 2 heterocycles. The second-order valence-corrected chi connectivity index (χ2v) is 11.4. The van der Waals surface area contributed by atoms with Gasteiger partial charge in [-0.2, -0.15) is 0 Å². The van der Waals surface area contributed by atoms with E-state index >= 15 is 0 Å². The molecule has 0 radical (unpaired) electrons. The van der Waals surface area contributed by atoms with Crippen molar-refractivity contribution in [1.82, 2.24) is 14.1 Å². The Labute approximate surface area is 221 Å². The van der Waals surface area contributed by atoms with E-state index in [1.165, 1.54) is 44.3 Å². The van der Waals surface area contributed by atoms with Gasteiger partial charge in [0.2, 0.25) is 5.91 Å². The standard InChI is InChI=1S/C23H19FIN5O6S/c1-11-19-18(20(29(2)21(11)32)27-16-7-6-12(25)8-15(16)24)22(33)30(23(34)28-19)13-4-3-5-14(9-13)37(35,36)10-17(26)31/h3-9,27H,10H2,1-2H3,(H2,26,31)(H,28,34). The summed E-state index contributed by atoms with van der Waals surface area (Å²) in [4.78, 5) is 52.9. The molecule has 0 spiro atoms. The van der Waals surface area contributed by atoms with E-state index in [1.807, 2.05) is 22.6 Å². The summed E-state index contributed by atoms with van der Waals surface area (Å²) in [6.07, 6.45) is 0. The summed E-state index contributed by atoms with van der Waals surface area (Å²) in [7, 11) is -2.75. The summed E-state index contributed by atoms with van der Waals surface area (Å²) in [5.74, 6) is -2.75. The van der Waals surface area contributed by atoms with Crippen LogP contribution in [0.1, 0.15) is 5.56 Å². The van der Waals surface area contributed by atoms with Gasteiger partial charge >= 0.3 is 5.69 Å². The predicted molar refractivity (Wildman–Crippen MR) is 144 cm³/mol. The van der Waals surface area contributed by atoms with Gasteiger partial charge in [0.1, 0.15) is 22.8 Å². The number of H-pyrrole nitrogens is 1. The van der Waals surface area contributed by atoms with E-state index in [9.17, 15) is 32.0 Å². The highest BCUT2D eigenvalue weighted by molar-refractivity contribution is 14.1. The Morgan fingerprint density at radius 2 is 1.84 bits per heavy atom. The molecule has 37 heavy (non-hydrogen) atoms. The number of hydrogen-bond donors (Lipinski definition) is 3. The van der Waals surface area contributed by atoms with Gasteiger partial charge in [0.25, 0.3) is 11.1 Å². The number of sulfone groups is 1. The number of hydrogen-bond acceptors (Lipinski definition) is 7. The van der Waals surface area contributed by atoms with Crippen molar-refractivity contribution in [2.24, 2.45) is 12.8 Å². The summed E-state index contributed by atoms with van der Waals surface area (Å²) in [6.45, 7) is 1.43. The summed E-state index contributed by atoms with van der Waals surface area (Å²) < 4.78 is 42.0. The number of fused-ring (bicyclic) bond motifs is 1. The first-order chi connectivity index (χ1) is 17.3. The second kappa shape index (κ2) is 9.59. The highest BCUT2D eigenvalue weighted by Gasteiger charge is 2.22. The number of nitrogens with one attached hydrogen (secondary N) is 2. The molecule has 0 fully saturated rings. The number of carbonyl (C=O) groups excluding carboxylic acids is 1. The SMILES string of the molecule is Cc1c(=O)n(C)c(Nc2ccc(I)cc2F)c2c(=O)n(-c3cccc(S(=O)(=O)CC(N)=O)c3)c(=O)[nH]c12. The topological polar surface area (TPSA) is 166 Å². The number of rotatable bonds is 6. The molecule has 1 amide bonds. The van der Waals surface area contributed by atoms with Gasteiger partial charge in [-0.25, -0.2) is 22.2 Å². The summed E-state index contributed by atoms with van der Waals surface area (Å²) >= 11 is 1.93. The van der Waals surface area contributed by atoms with E-state index in [-0.39, 0.29) is 38.6 Å². The van der Waals surface area contributed by atoms with Gasteiger partial charge in [0.15, 0.2) is 9.84 Å². The third-order valence-electron chi connectivity index (χ3n) is 5.63. The number of aromatic nitrogens is 3. The van der Waals surface area contributed by atoms with E-state index in [0.717, 1.165) is 10.6 Å². The van der Waals surface area contributed by atoms with Crippen LogP contribution in [-0.4, -0.2) is 34.2 Å². The maximum absolute atomic E-state index is 14.6. The third-order valence-corrected chi connectivity index (χ3v) is 7.93. The van der Waals surface area contributed by atoms with Crippen molar-refractivity contribution >= 4 is 60.7 Å². The molecule has 0 atom stereocenters. The Balaban J connectivity index is 2.03. The van der Waals surface area contributed by atoms with Crippen LogP contribution >= 0.6 is 22.6 Å². The number of primary amides is 1. The molecule has 4 N–H and O–H groups in total. The van der Waals surface area contributed by atoms with Gasteiger partial charge in [-0.05, 0) is 65.9 Å². The molecule has 4 aromatic rings. The first-order valence-electron chi connectivity index (χ1n) is 10.5. The molecule has 2 aromatic carbocycles. The van der Waals surface area contributed by atoms with Gasteiger partial charge in [-0.3, -0.25) is 19.0 Å². The summed E-state index contributed by atoms with van der Waals surface area (Å²) in [5.41, 5.74) is 2.55. The van der Waals surface area contributed by atoms with E-state index in [4.69, 9.17) is 5.73 Å². The van der Waals surface area contributed by atoms with Crippen LogP contribution in [0.5, 0.6) is 0 Å². The van der Waals surface area contributed by atoms with Gasteiger partial charge in [-0.15, -0.1) is 0 Å². The number of nitrogens with two attached hydrogens (primary N) is 1. The molecule has 192 valence electrons. The van der Waals surface area contributed by atoms with Gasteiger partial charge in [-0.1, -0.05) is 6.07 Å². The van der Waals surface area contributed by atoms with Crippen LogP contribution in [0.15, 0.2) is 61.7 Å². The molecule has 0 unspecified atom stereocenters. The Kier molecular flexibility index (Phi) is 6.81. The van der Waals surface area contributed by atoms with Crippen molar-refractivity contribution in [1.29, 1.82) is 0 Å². The van der Waals surface area contributed by atoms with Crippen LogP contribution in [0.4, 0.5) is 15.9 Å². The lowest BCUT2D eigenvalue weighted by atomic mass is 10.1. The molecule has 0 saturated carbocycles. The fraction of sp³-hybridized carbons (Fsp3) is 0.130. The Bertz CT molecular complexity index is 1900. The number of pyridine rings is 1. The maximum atomic E-state index is 14.6. The Morgan fingerprint density at radius 3 is 2.49 bits per heavy atom. The van der Waals surface area contributed by atoms with Crippen molar-refractivity contribution in [3.8, 4) is 5.69 Å². The first kappa shape index (κ1) is 26.3. The lowest BCUT2D eigenvalue weighted by Gasteiger charge is -2.17. The van der Waals surface area contributed by atoms with Crippen molar-refractivity contribution in [2.75, 3.05) is 11.1 Å². The lowest BCUT2D eigenvalue weighted by Crippen LogP contribution is -2.36. The van der Waals surface area contributed by atoms with E-state index in [1.54, 1.807) is 6.07 Å².